The third kappa shape index (κ3) is 1.66. The molecule has 19 heavy (non-hydrogen) atoms. The van der Waals surface area contributed by atoms with Crippen LogP contribution in [0.5, 0.6) is 0 Å². The number of hydrogen-bond donors (Lipinski definition) is 0. The summed E-state index contributed by atoms with van der Waals surface area (Å²) in [6.45, 7) is 8.48. The fourth-order valence-electron chi connectivity index (χ4n) is 3.33. The summed E-state index contributed by atoms with van der Waals surface area (Å²) in [7, 11) is 0. The van der Waals surface area contributed by atoms with E-state index < -0.39 is 0 Å². The fourth-order valence-corrected chi connectivity index (χ4v) is 3.33. The molecule has 0 spiro atoms. The van der Waals surface area contributed by atoms with E-state index in [-0.39, 0.29) is 5.63 Å². The van der Waals surface area contributed by atoms with Gasteiger partial charge in [0, 0.05) is 10.9 Å². The number of hydrogen-bond acceptors (Lipinski definition) is 2. The molecule has 0 atom stereocenters. The van der Waals surface area contributed by atoms with Crippen LogP contribution in [0.1, 0.15) is 46.2 Å². The van der Waals surface area contributed by atoms with E-state index in [0.717, 1.165) is 36.0 Å². The Hall–Kier alpha value is -1.57. The largest absolute Gasteiger partial charge is 0.422 e. The SMILES string of the molecule is Cc1c(C)c(C)c2c3c(c(=O)oc2c1C)CCCC3. The lowest BCUT2D eigenvalue weighted by molar-refractivity contribution is 0.531. The van der Waals surface area contributed by atoms with Gasteiger partial charge in [0.25, 0.3) is 0 Å². The lowest BCUT2D eigenvalue weighted by atomic mass is 9.86. The van der Waals surface area contributed by atoms with Crippen molar-refractivity contribution in [2.45, 2.75) is 53.4 Å². The van der Waals surface area contributed by atoms with Crippen LogP contribution in [0.25, 0.3) is 11.0 Å². The molecule has 1 aliphatic rings. The number of rotatable bonds is 0. The van der Waals surface area contributed by atoms with Gasteiger partial charge in [-0.3, -0.25) is 0 Å². The summed E-state index contributed by atoms with van der Waals surface area (Å²) in [6.07, 6.45) is 4.17. The molecule has 0 aliphatic heterocycles. The monoisotopic (exact) mass is 256 g/mol. The zero-order valence-electron chi connectivity index (χ0n) is 12.1. The second kappa shape index (κ2) is 4.22. The van der Waals surface area contributed by atoms with Crippen molar-refractivity contribution in [3.63, 3.8) is 0 Å². The minimum absolute atomic E-state index is 0.118. The van der Waals surface area contributed by atoms with Crippen molar-refractivity contribution in [2.75, 3.05) is 0 Å². The van der Waals surface area contributed by atoms with E-state index in [1.165, 1.54) is 34.1 Å². The van der Waals surface area contributed by atoms with Gasteiger partial charge in [-0.25, -0.2) is 4.79 Å². The normalized spacial score (nSPS) is 14.7. The van der Waals surface area contributed by atoms with Gasteiger partial charge in [-0.1, -0.05) is 0 Å². The first-order valence-corrected chi connectivity index (χ1v) is 7.07. The Morgan fingerprint density at radius 1 is 0.789 bits per heavy atom. The van der Waals surface area contributed by atoms with Gasteiger partial charge in [0.2, 0.25) is 0 Å². The lowest BCUT2D eigenvalue weighted by Crippen LogP contribution is -2.17. The highest BCUT2D eigenvalue weighted by Crippen LogP contribution is 2.34. The van der Waals surface area contributed by atoms with Crippen LogP contribution in [-0.2, 0) is 12.8 Å². The lowest BCUT2D eigenvalue weighted by Gasteiger charge is -2.20. The molecule has 0 amide bonds. The van der Waals surface area contributed by atoms with Gasteiger partial charge >= 0.3 is 5.63 Å². The van der Waals surface area contributed by atoms with E-state index in [1.54, 1.807) is 0 Å². The predicted octanol–water partition coefficient (Wildman–Crippen LogP) is 3.91. The molecule has 0 bridgehead atoms. The van der Waals surface area contributed by atoms with Crippen molar-refractivity contribution in [1.82, 2.24) is 0 Å². The van der Waals surface area contributed by atoms with Gasteiger partial charge in [0.05, 0.1) is 0 Å². The zero-order chi connectivity index (χ0) is 13.7. The van der Waals surface area contributed by atoms with Crippen LogP contribution in [0, 0.1) is 27.7 Å². The molecule has 0 fully saturated rings. The molecule has 3 rings (SSSR count). The Kier molecular flexibility index (Phi) is 2.77. The zero-order valence-corrected chi connectivity index (χ0v) is 12.1. The average molecular weight is 256 g/mol. The van der Waals surface area contributed by atoms with Crippen molar-refractivity contribution >= 4 is 11.0 Å². The van der Waals surface area contributed by atoms with E-state index in [0.29, 0.717) is 0 Å². The predicted molar refractivity (Wildman–Crippen MR) is 78.1 cm³/mol. The first kappa shape index (κ1) is 12.5. The van der Waals surface area contributed by atoms with Crippen LogP contribution < -0.4 is 5.63 Å². The molecule has 0 saturated carbocycles. The third-order valence-electron chi connectivity index (χ3n) is 4.84. The highest BCUT2D eigenvalue weighted by Gasteiger charge is 2.21. The minimum Gasteiger partial charge on any atom is -0.422 e. The van der Waals surface area contributed by atoms with Gasteiger partial charge in [-0.05, 0) is 81.2 Å². The van der Waals surface area contributed by atoms with Crippen LogP contribution in [0.3, 0.4) is 0 Å². The third-order valence-corrected chi connectivity index (χ3v) is 4.84. The van der Waals surface area contributed by atoms with Crippen molar-refractivity contribution in [2.24, 2.45) is 0 Å². The van der Waals surface area contributed by atoms with Gasteiger partial charge in [-0.15, -0.1) is 0 Å². The summed E-state index contributed by atoms with van der Waals surface area (Å²) in [5.74, 6) is 0. The van der Waals surface area contributed by atoms with Gasteiger partial charge in [0.15, 0.2) is 0 Å². The summed E-state index contributed by atoms with van der Waals surface area (Å²) < 4.78 is 5.65. The molecule has 2 heteroatoms. The molecule has 100 valence electrons. The quantitative estimate of drug-likeness (QED) is 0.669. The summed E-state index contributed by atoms with van der Waals surface area (Å²) in [4.78, 5) is 12.2. The summed E-state index contributed by atoms with van der Waals surface area (Å²) in [5.41, 5.74) is 7.82. The standard InChI is InChI=1S/C17H20O2/c1-9-10(2)12(4)16-15(11(9)3)13-7-5-6-8-14(13)17(18)19-16/h5-8H2,1-4H3. The van der Waals surface area contributed by atoms with E-state index in [9.17, 15) is 4.79 Å². The van der Waals surface area contributed by atoms with Crippen LogP contribution in [0.15, 0.2) is 9.21 Å². The Balaban J connectivity index is 2.56. The maximum atomic E-state index is 12.2. The topological polar surface area (TPSA) is 30.2 Å². The molecule has 2 nitrogen and oxygen atoms in total. The average Bonchev–Trinajstić information content (AvgIpc) is 2.43. The summed E-state index contributed by atoms with van der Waals surface area (Å²) in [5, 5.41) is 1.20. The van der Waals surface area contributed by atoms with Crippen LogP contribution >= 0.6 is 0 Å². The Labute approximate surface area is 113 Å². The second-order valence-corrected chi connectivity index (χ2v) is 5.76. The van der Waals surface area contributed by atoms with E-state index in [4.69, 9.17) is 4.42 Å². The summed E-state index contributed by atoms with van der Waals surface area (Å²) >= 11 is 0. The van der Waals surface area contributed by atoms with Crippen LogP contribution in [-0.4, -0.2) is 0 Å². The molecular formula is C17H20O2. The van der Waals surface area contributed by atoms with Gasteiger partial charge < -0.3 is 4.42 Å². The molecule has 0 saturated heterocycles. The number of aryl methyl sites for hydroxylation is 3. The van der Waals surface area contributed by atoms with E-state index in [1.807, 2.05) is 0 Å². The van der Waals surface area contributed by atoms with Crippen LogP contribution in [0.2, 0.25) is 0 Å². The molecule has 0 unspecified atom stereocenters. The molecule has 0 radical (unpaired) electrons. The minimum atomic E-state index is -0.118. The molecule has 1 aromatic heterocycles. The molecule has 2 aromatic rings. The number of benzene rings is 1. The Bertz CT molecular complexity index is 735. The smallest absolute Gasteiger partial charge is 0.339 e. The first-order valence-electron chi connectivity index (χ1n) is 7.07. The highest BCUT2D eigenvalue weighted by molar-refractivity contribution is 5.89. The maximum absolute atomic E-state index is 12.2. The fraction of sp³-hybridized carbons (Fsp3) is 0.471. The van der Waals surface area contributed by atoms with E-state index in [2.05, 4.69) is 27.7 Å². The Morgan fingerprint density at radius 2 is 1.37 bits per heavy atom. The van der Waals surface area contributed by atoms with Gasteiger partial charge in [-0.2, -0.15) is 0 Å². The molecule has 1 heterocycles. The summed E-state index contributed by atoms with van der Waals surface area (Å²) in [6, 6.07) is 0. The highest BCUT2D eigenvalue weighted by atomic mass is 16.4. The second-order valence-electron chi connectivity index (χ2n) is 5.76. The number of fused-ring (bicyclic) bond motifs is 3. The molecular weight excluding hydrogens is 236 g/mol. The van der Waals surface area contributed by atoms with Crippen molar-refractivity contribution < 1.29 is 4.42 Å². The molecule has 0 N–H and O–H groups in total. The van der Waals surface area contributed by atoms with Crippen LogP contribution in [0.4, 0.5) is 0 Å². The van der Waals surface area contributed by atoms with Crippen molar-refractivity contribution in [1.29, 1.82) is 0 Å². The molecule has 1 aromatic carbocycles. The van der Waals surface area contributed by atoms with Crippen molar-refractivity contribution in [3.8, 4) is 0 Å². The molecule has 1 aliphatic carbocycles. The van der Waals surface area contributed by atoms with Gasteiger partial charge in [0.1, 0.15) is 5.58 Å². The first-order chi connectivity index (χ1) is 9.02. The maximum Gasteiger partial charge on any atom is 0.339 e. The Morgan fingerprint density at radius 3 is 2.05 bits per heavy atom. The van der Waals surface area contributed by atoms with E-state index >= 15 is 0 Å². The van der Waals surface area contributed by atoms with Crippen molar-refractivity contribution in [3.05, 3.63) is 43.8 Å².